The molecule has 1 aromatic carbocycles. The number of thiazole rings is 1. The summed E-state index contributed by atoms with van der Waals surface area (Å²) < 4.78 is 0. The molecule has 32 heavy (non-hydrogen) atoms. The lowest BCUT2D eigenvalue weighted by Crippen LogP contribution is -2.49. The lowest BCUT2D eigenvalue weighted by molar-refractivity contribution is -0.138. The molecule has 1 amide bonds. The van der Waals surface area contributed by atoms with E-state index in [0.717, 1.165) is 61.7 Å². The van der Waals surface area contributed by atoms with Crippen LogP contribution in [0.25, 0.3) is 0 Å². The number of aryl methyl sites for hydroxylation is 2. The molecule has 176 valence electrons. The summed E-state index contributed by atoms with van der Waals surface area (Å²) in [6.45, 7) is 3.99. The summed E-state index contributed by atoms with van der Waals surface area (Å²) in [5, 5.41) is 9.98. The van der Waals surface area contributed by atoms with Crippen LogP contribution in [0.2, 0.25) is 0 Å². The Hall–Kier alpha value is -1.68. The van der Waals surface area contributed by atoms with E-state index in [1.807, 2.05) is 20.2 Å². The lowest BCUT2D eigenvalue weighted by atomic mass is 9.84. The molecule has 6 nitrogen and oxygen atoms in total. The summed E-state index contributed by atoms with van der Waals surface area (Å²) >= 11 is 1.70. The molecule has 2 N–H and O–H groups in total. The minimum atomic E-state index is -0.315. The Labute approximate surface area is 213 Å². The highest BCUT2D eigenvalue weighted by Gasteiger charge is 2.42. The van der Waals surface area contributed by atoms with Crippen LogP contribution in [0.1, 0.15) is 48.9 Å². The summed E-state index contributed by atoms with van der Waals surface area (Å²) in [6.07, 6.45) is 6.05. The van der Waals surface area contributed by atoms with Crippen LogP contribution in [0.3, 0.4) is 0 Å². The van der Waals surface area contributed by atoms with Crippen molar-refractivity contribution in [2.45, 2.75) is 52.0 Å². The van der Waals surface area contributed by atoms with Crippen molar-refractivity contribution in [3.8, 4) is 0 Å². The van der Waals surface area contributed by atoms with Crippen LogP contribution in [0.4, 0.5) is 0 Å². The van der Waals surface area contributed by atoms with Gasteiger partial charge in [0.2, 0.25) is 5.91 Å². The fourth-order valence-corrected chi connectivity index (χ4v) is 4.97. The van der Waals surface area contributed by atoms with Crippen molar-refractivity contribution in [3.63, 3.8) is 0 Å². The number of nitrogens with zero attached hydrogens (tertiary/aromatic N) is 3. The van der Waals surface area contributed by atoms with Gasteiger partial charge < -0.3 is 15.5 Å². The minimum Gasteiger partial charge on any atom is -0.357 e. The third-order valence-electron chi connectivity index (χ3n) is 5.83. The van der Waals surface area contributed by atoms with Crippen LogP contribution < -0.4 is 10.6 Å². The Morgan fingerprint density at radius 2 is 1.88 bits per heavy atom. The third kappa shape index (κ3) is 7.43. The molecule has 1 aliphatic rings. The van der Waals surface area contributed by atoms with Crippen molar-refractivity contribution in [3.05, 3.63) is 52.0 Å². The molecule has 2 aromatic rings. The number of amides is 1. The lowest BCUT2D eigenvalue weighted by Gasteiger charge is -2.31. The number of carbonyl (C=O) groups is 1. The van der Waals surface area contributed by atoms with Crippen molar-refractivity contribution in [2.75, 3.05) is 27.2 Å². The second-order valence-electron chi connectivity index (χ2n) is 8.45. The second kappa shape index (κ2) is 13.1. The normalized spacial score (nSPS) is 15.2. The van der Waals surface area contributed by atoms with Gasteiger partial charge in [0.1, 0.15) is 0 Å². The molecule has 0 radical (unpaired) electrons. The molecule has 0 bridgehead atoms. The quantitative estimate of drug-likeness (QED) is 0.269. The van der Waals surface area contributed by atoms with Crippen molar-refractivity contribution >= 4 is 47.2 Å². The first kappa shape index (κ1) is 26.6. The molecule has 1 fully saturated rings. The maximum atomic E-state index is 12.8. The van der Waals surface area contributed by atoms with E-state index in [4.69, 9.17) is 9.98 Å². The first-order chi connectivity index (χ1) is 15.0. The molecule has 0 aliphatic heterocycles. The predicted molar refractivity (Wildman–Crippen MR) is 144 cm³/mol. The largest absolute Gasteiger partial charge is 0.357 e. The maximum absolute atomic E-state index is 12.8. The van der Waals surface area contributed by atoms with E-state index in [1.165, 1.54) is 5.56 Å². The zero-order chi connectivity index (χ0) is 22.1. The van der Waals surface area contributed by atoms with E-state index in [1.54, 1.807) is 16.2 Å². The number of rotatable bonds is 9. The van der Waals surface area contributed by atoms with E-state index < -0.39 is 0 Å². The number of halogens is 1. The molecule has 0 unspecified atom stereocenters. The summed E-state index contributed by atoms with van der Waals surface area (Å²) in [7, 11) is 3.69. The average Bonchev–Trinajstić information content (AvgIpc) is 3.44. The highest BCUT2D eigenvalue weighted by Crippen LogP contribution is 2.38. The number of aromatic nitrogens is 1. The first-order valence-corrected chi connectivity index (χ1v) is 12.1. The molecular formula is C24H36IN5OS. The van der Waals surface area contributed by atoms with E-state index in [-0.39, 0.29) is 35.3 Å². The molecule has 3 rings (SSSR count). The van der Waals surface area contributed by atoms with Crippen LogP contribution in [-0.4, -0.2) is 48.9 Å². The highest BCUT2D eigenvalue weighted by atomic mass is 127. The summed E-state index contributed by atoms with van der Waals surface area (Å²) in [4.78, 5) is 24.0. The van der Waals surface area contributed by atoms with Gasteiger partial charge in [0.25, 0.3) is 0 Å². The molecule has 1 aliphatic carbocycles. The first-order valence-electron chi connectivity index (χ1n) is 11.2. The minimum absolute atomic E-state index is 0. The van der Waals surface area contributed by atoms with Gasteiger partial charge in [-0.1, -0.05) is 43.2 Å². The number of hydrogen-bond donors (Lipinski definition) is 2. The monoisotopic (exact) mass is 569 g/mol. The molecule has 1 aromatic heterocycles. The predicted octanol–water partition coefficient (Wildman–Crippen LogP) is 4.25. The van der Waals surface area contributed by atoms with Gasteiger partial charge in [0.15, 0.2) is 5.96 Å². The summed E-state index contributed by atoms with van der Waals surface area (Å²) in [6, 6.07) is 10.5. The second-order valence-corrected chi connectivity index (χ2v) is 9.40. The van der Waals surface area contributed by atoms with Gasteiger partial charge in [0, 0.05) is 39.0 Å². The zero-order valence-corrected chi connectivity index (χ0v) is 22.5. The number of carbonyl (C=O) groups excluding carboxylic acids is 1. The maximum Gasteiger partial charge on any atom is 0.230 e. The third-order valence-corrected chi connectivity index (χ3v) is 6.79. The van der Waals surface area contributed by atoms with Crippen LogP contribution in [0.15, 0.2) is 40.7 Å². The van der Waals surface area contributed by atoms with Crippen LogP contribution in [-0.2, 0) is 24.2 Å². The number of nitrogens with one attached hydrogen (secondary N) is 2. The van der Waals surface area contributed by atoms with Gasteiger partial charge in [-0.15, -0.1) is 35.3 Å². The topological polar surface area (TPSA) is 69.6 Å². The molecule has 0 atom stereocenters. The Morgan fingerprint density at radius 3 is 2.53 bits per heavy atom. The van der Waals surface area contributed by atoms with Gasteiger partial charge in [0.05, 0.1) is 22.7 Å². The van der Waals surface area contributed by atoms with E-state index >= 15 is 0 Å². The fourth-order valence-electron chi connectivity index (χ4n) is 4.18. The average molecular weight is 570 g/mol. The number of aliphatic imine (C=N–C) groups is 1. The van der Waals surface area contributed by atoms with E-state index in [2.05, 4.69) is 47.2 Å². The molecule has 1 heterocycles. The van der Waals surface area contributed by atoms with Crippen LogP contribution >= 0.6 is 35.3 Å². The van der Waals surface area contributed by atoms with Crippen molar-refractivity contribution in [1.29, 1.82) is 0 Å². The van der Waals surface area contributed by atoms with E-state index in [9.17, 15) is 4.79 Å². The Morgan fingerprint density at radius 1 is 1.16 bits per heavy atom. The number of benzene rings is 1. The Kier molecular flexibility index (Phi) is 10.9. The SMILES string of the molecule is CCNC(=NCc1csc(CCc2ccccc2)n1)NCC1(C(=O)N(C)C)CCCC1.I. The van der Waals surface area contributed by atoms with Gasteiger partial charge in [-0.3, -0.25) is 4.79 Å². The zero-order valence-electron chi connectivity index (χ0n) is 19.4. The molecule has 0 saturated heterocycles. The van der Waals surface area contributed by atoms with Crippen molar-refractivity contribution in [2.24, 2.45) is 10.4 Å². The van der Waals surface area contributed by atoms with Gasteiger partial charge in [-0.05, 0) is 31.7 Å². The molecule has 1 saturated carbocycles. The molecular weight excluding hydrogens is 533 g/mol. The van der Waals surface area contributed by atoms with Crippen LogP contribution in [0, 0.1) is 5.41 Å². The smallest absolute Gasteiger partial charge is 0.230 e. The Balaban J connectivity index is 0.00000363. The number of hydrogen-bond acceptors (Lipinski definition) is 4. The fraction of sp³-hybridized carbons (Fsp3) is 0.542. The Bertz CT molecular complexity index is 862. The standard InChI is InChI=1S/C24H35N5OS.HI/c1-4-25-23(27-18-24(14-8-9-15-24)22(30)29(2)3)26-16-20-17-31-21(28-20)13-12-19-10-6-5-7-11-19;/h5-7,10-11,17H,4,8-9,12-16,18H2,1-3H3,(H2,25,26,27);1H. The van der Waals surface area contributed by atoms with Gasteiger partial charge in [-0.25, -0.2) is 9.98 Å². The summed E-state index contributed by atoms with van der Waals surface area (Å²) in [5.41, 5.74) is 2.01. The van der Waals surface area contributed by atoms with Crippen molar-refractivity contribution < 1.29 is 4.79 Å². The highest BCUT2D eigenvalue weighted by molar-refractivity contribution is 14.0. The van der Waals surface area contributed by atoms with Crippen LogP contribution in [0.5, 0.6) is 0 Å². The summed E-state index contributed by atoms with van der Waals surface area (Å²) in [5.74, 6) is 0.968. The van der Waals surface area contributed by atoms with E-state index in [0.29, 0.717) is 13.1 Å². The van der Waals surface area contributed by atoms with Crippen molar-refractivity contribution in [1.82, 2.24) is 20.5 Å². The molecule has 0 spiro atoms. The molecule has 8 heteroatoms. The van der Waals surface area contributed by atoms with Gasteiger partial charge in [-0.2, -0.15) is 0 Å². The number of guanidine groups is 1. The van der Waals surface area contributed by atoms with Gasteiger partial charge >= 0.3 is 0 Å².